The van der Waals surface area contributed by atoms with Gasteiger partial charge in [0.15, 0.2) is 0 Å². The molecule has 0 N–H and O–H groups in total. The van der Waals surface area contributed by atoms with E-state index in [1.54, 1.807) is 0 Å². The predicted molar refractivity (Wildman–Crippen MR) is 77.4 cm³/mol. The van der Waals surface area contributed by atoms with Crippen LogP contribution in [0.15, 0.2) is 0 Å². The van der Waals surface area contributed by atoms with Crippen molar-refractivity contribution in [2.24, 2.45) is 0 Å². The second-order valence-electron chi connectivity index (χ2n) is 5.02. The van der Waals surface area contributed by atoms with Gasteiger partial charge in [-0.25, -0.2) is 0 Å². The van der Waals surface area contributed by atoms with Gasteiger partial charge in [-0.15, -0.1) is 0 Å². The van der Waals surface area contributed by atoms with Gasteiger partial charge in [-0.3, -0.25) is 4.79 Å². The zero-order valence-electron chi connectivity index (χ0n) is 10.5. The Morgan fingerprint density at radius 3 is 2.71 bits per heavy atom. The second kappa shape index (κ2) is 7.57. The van der Waals surface area contributed by atoms with Gasteiger partial charge in [-0.05, 0) is 38.5 Å². The molecule has 0 saturated carbocycles. The van der Waals surface area contributed by atoms with Crippen LogP contribution in [-0.2, 0) is 4.79 Å². The minimum absolute atomic E-state index is 0.401. The van der Waals surface area contributed by atoms with Crippen molar-refractivity contribution in [1.29, 1.82) is 0 Å². The summed E-state index contributed by atoms with van der Waals surface area (Å²) in [6.07, 6.45) is 9.52. The van der Waals surface area contributed by atoms with Crippen molar-refractivity contribution in [3.05, 3.63) is 0 Å². The third-order valence-corrected chi connectivity index (χ3v) is 6.61. The van der Waals surface area contributed by atoms with E-state index in [4.69, 9.17) is 0 Å². The van der Waals surface area contributed by atoms with E-state index >= 15 is 0 Å². The fraction of sp³-hybridized carbons (Fsp3) is 0.923. The van der Waals surface area contributed by atoms with Crippen molar-refractivity contribution in [2.75, 3.05) is 18.8 Å². The lowest BCUT2D eigenvalue weighted by atomic mass is 10.1. The van der Waals surface area contributed by atoms with Crippen LogP contribution in [0.2, 0.25) is 0 Å². The number of piperidine rings is 1. The van der Waals surface area contributed by atoms with E-state index in [0.29, 0.717) is 5.91 Å². The van der Waals surface area contributed by atoms with E-state index in [1.165, 1.54) is 44.3 Å². The molecule has 0 spiro atoms. The van der Waals surface area contributed by atoms with Crippen LogP contribution in [0.25, 0.3) is 0 Å². The number of hydrogen-bond donors (Lipinski definition) is 0. The molecule has 4 heteroatoms. The lowest BCUT2D eigenvalue weighted by molar-refractivity contribution is -0.132. The van der Waals surface area contributed by atoms with Crippen molar-refractivity contribution in [3.63, 3.8) is 0 Å². The Hall–Kier alpha value is 0.170. The molecule has 0 aromatic heterocycles. The molecule has 2 nitrogen and oxygen atoms in total. The average Bonchev–Trinajstić information content (AvgIpc) is 2.88. The van der Waals surface area contributed by atoms with Crippen molar-refractivity contribution in [1.82, 2.24) is 4.90 Å². The van der Waals surface area contributed by atoms with E-state index in [1.807, 2.05) is 10.8 Å². The van der Waals surface area contributed by atoms with Crippen LogP contribution < -0.4 is 0 Å². The van der Waals surface area contributed by atoms with E-state index in [9.17, 15) is 4.79 Å². The van der Waals surface area contributed by atoms with Crippen LogP contribution in [0.1, 0.15) is 51.4 Å². The molecule has 17 heavy (non-hydrogen) atoms. The molecule has 2 aliphatic rings. The Morgan fingerprint density at radius 2 is 2.00 bits per heavy atom. The lowest BCUT2D eigenvalue weighted by Gasteiger charge is -2.26. The summed E-state index contributed by atoms with van der Waals surface area (Å²) in [7, 11) is 4.06. The monoisotopic (exact) mass is 273 g/mol. The van der Waals surface area contributed by atoms with Gasteiger partial charge >= 0.3 is 0 Å². The number of hydrogen-bond acceptors (Lipinski definition) is 3. The van der Waals surface area contributed by atoms with Crippen LogP contribution >= 0.6 is 21.6 Å². The van der Waals surface area contributed by atoms with Crippen LogP contribution in [0.3, 0.4) is 0 Å². The number of unbranched alkanes of at least 4 members (excludes halogenated alkanes) is 1. The Kier molecular flexibility index (Phi) is 6.06. The molecule has 0 aromatic rings. The third kappa shape index (κ3) is 4.74. The van der Waals surface area contributed by atoms with Gasteiger partial charge in [0.2, 0.25) is 5.91 Å². The summed E-state index contributed by atoms with van der Waals surface area (Å²) in [5, 5.41) is 0.866. The average molecular weight is 273 g/mol. The van der Waals surface area contributed by atoms with Crippen molar-refractivity contribution < 1.29 is 4.79 Å². The van der Waals surface area contributed by atoms with E-state index in [2.05, 4.69) is 15.7 Å². The molecule has 1 amide bonds. The lowest BCUT2D eigenvalue weighted by Crippen LogP contribution is -2.35. The van der Waals surface area contributed by atoms with E-state index < -0.39 is 0 Å². The summed E-state index contributed by atoms with van der Waals surface area (Å²) in [6.45, 7) is 2.02. The van der Waals surface area contributed by atoms with Crippen LogP contribution in [0.5, 0.6) is 0 Å². The molecule has 2 rings (SSSR count). The molecule has 98 valence electrons. The first-order valence-electron chi connectivity index (χ1n) is 6.92. The Morgan fingerprint density at radius 1 is 1.18 bits per heavy atom. The van der Waals surface area contributed by atoms with Crippen LogP contribution in [0, 0.1) is 0 Å². The van der Waals surface area contributed by atoms with Crippen molar-refractivity contribution in [3.8, 4) is 0 Å². The normalized spacial score (nSPS) is 25.2. The van der Waals surface area contributed by atoms with Gasteiger partial charge in [0, 0.05) is 30.5 Å². The summed E-state index contributed by atoms with van der Waals surface area (Å²) in [5.74, 6) is 1.72. The fourth-order valence-corrected chi connectivity index (χ4v) is 5.54. The molecule has 0 unspecified atom stereocenters. The van der Waals surface area contributed by atoms with Gasteiger partial charge in [0.25, 0.3) is 0 Å². The minimum atomic E-state index is 0.401. The maximum atomic E-state index is 11.9. The molecule has 0 radical (unpaired) electrons. The third-order valence-electron chi connectivity index (χ3n) is 3.60. The second-order valence-corrected chi connectivity index (χ2v) is 7.80. The quantitative estimate of drug-likeness (QED) is 0.562. The van der Waals surface area contributed by atoms with Crippen LogP contribution in [-0.4, -0.2) is 34.9 Å². The van der Waals surface area contributed by atoms with Gasteiger partial charge in [-0.2, -0.15) is 0 Å². The van der Waals surface area contributed by atoms with Gasteiger partial charge < -0.3 is 4.90 Å². The maximum Gasteiger partial charge on any atom is 0.222 e. The molecule has 0 aliphatic carbocycles. The van der Waals surface area contributed by atoms with E-state index in [-0.39, 0.29) is 0 Å². The highest BCUT2D eigenvalue weighted by Crippen LogP contribution is 2.39. The smallest absolute Gasteiger partial charge is 0.222 e. The number of carbonyl (C=O) groups is 1. The number of amides is 1. The molecule has 2 aliphatic heterocycles. The first-order valence-corrected chi connectivity index (χ1v) is 9.30. The van der Waals surface area contributed by atoms with Gasteiger partial charge in [0.05, 0.1) is 0 Å². The molecule has 0 aromatic carbocycles. The summed E-state index contributed by atoms with van der Waals surface area (Å²) in [5.41, 5.74) is 0. The molecular formula is C13H23NOS2. The predicted octanol–water partition coefficient (Wildman–Crippen LogP) is 3.71. The number of rotatable bonds is 5. The topological polar surface area (TPSA) is 20.3 Å². The zero-order valence-corrected chi connectivity index (χ0v) is 12.2. The Labute approximate surface area is 113 Å². The first kappa shape index (κ1) is 13.6. The number of carbonyl (C=O) groups excluding carboxylic acids is 1. The highest BCUT2D eigenvalue weighted by molar-refractivity contribution is 8.77. The number of likely N-dealkylation sites (tertiary alicyclic amines) is 1. The largest absolute Gasteiger partial charge is 0.343 e. The van der Waals surface area contributed by atoms with E-state index in [0.717, 1.165) is 31.2 Å². The standard InChI is InChI=1S/C13H23NOS2/c15-13(14-9-4-1-5-10-14)7-3-2-6-12-8-11-16-17-12/h12H,1-11H2/t12-/m1/s1. The molecule has 1 atom stereocenters. The molecule has 2 saturated heterocycles. The zero-order chi connectivity index (χ0) is 11.9. The van der Waals surface area contributed by atoms with Crippen molar-refractivity contribution in [2.45, 2.75) is 56.6 Å². The molecule has 2 fully saturated rings. The summed E-state index contributed by atoms with van der Waals surface area (Å²) in [4.78, 5) is 14.0. The summed E-state index contributed by atoms with van der Waals surface area (Å²) < 4.78 is 0. The Bertz CT molecular complexity index is 236. The SMILES string of the molecule is O=C(CCCC[C@@H]1CCSS1)N1CCCCC1. The highest BCUT2D eigenvalue weighted by atomic mass is 33.1. The van der Waals surface area contributed by atoms with Crippen LogP contribution in [0.4, 0.5) is 0 Å². The molecular weight excluding hydrogens is 250 g/mol. The van der Waals surface area contributed by atoms with Crippen molar-refractivity contribution >= 4 is 27.5 Å². The summed E-state index contributed by atoms with van der Waals surface area (Å²) >= 11 is 0. The first-order chi connectivity index (χ1) is 8.36. The molecule has 0 bridgehead atoms. The fourth-order valence-electron chi connectivity index (χ4n) is 2.51. The highest BCUT2D eigenvalue weighted by Gasteiger charge is 2.18. The maximum absolute atomic E-state index is 11.9. The van der Waals surface area contributed by atoms with Gasteiger partial charge in [-0.1, -0.05) is 28.0 Å². The molecule has 2 heterocycles. The number of nitrogens with zero attached hydrogens (tertiary/aromatic N) is 1. The minimum Gasteiger partial charge on any atom is -0.343 e. The summed E-state index contributed by atoms with van der Waals surface area (Å²) in [6, 6.07) is 0. The Balaban J connectivity index is 1.53. The van der Waals surface area contributed by atoms with Gasteiger partial charge in [0.1, 0.15) is 0 Å².